The molecule has 1 aliphatic heterocycles. The molecule has 140 valence electrons. The number of hydrogen-bond acceptors (Lipinski definition) is 3. The van der Waals surface area contributed by atoms with E-state index in [2.05, 4.69) is 11.8 Å². The average Bonchev–Trinajstić information content (AvgIpc) is 2.61. The number of likely N-dealkylation sites (tertiary alicyclic amines) is 1. The topological polar surface area (TPSA) is 45.5 Å². The van der Waals surface area contributed by atoms with Crippen LogP contribution in [0.1, 0.15) is 49.6 Å². The van der Waals surface area contributed by atoms with Gasteiger partial charge in [-0.3, -0.25) is 9.69 Å². The number of benzene rings is 1. The van der Waals surface area contributed by atoms with Gasteiger partial charge in [0.2, 0.25) is 0 Å². The number of hydrogen-bond donors (Lipinski definition) is 1. The Labute approximate surface area is 160 Å². The third-order valence-electron chi connectivity index (χ3n) is 5.48. The van der Waals surface area contributed by atoms with Gasteiger partial charge in [0.05, 0.1) is 11.6 Å². The fourth-order valence-electron chi connectivity index (χ4n) is 3.91. The van der Waals surface area contributed by atoms with Crippen LogP contribution in [0.4, 0.5) is 0 Å². The van der Waals surface area contributed by atoms with Crippen molar-refractivity contribution in [2.45, 2.75) is 46.2 Å². The molecule has 0 aliphatic carbocycles. The normalized spacial score (nSPS) is 17.4. The summed E-state index contributed by atoms with van der Waals surface area (Å²) in [6.07, 6.45) is 2.19. The zero-order chi connectivity index (χ0) is 18.8. The van der Waals surface area contributed by atoms with Crippen LogP contribution in [-0.2, 0) is 6.54 Å². The minimum atomic E-state index is -0.259. The molecule has 0 spiro atoms. The van der Waals surface area contributed by atoms with E-state index in [0.29, 0.717) is 23.0 Å². The summed E-state index contributed by atoms with van der Waals surface area (Å²) >= 11 is 6.07. The van der Waals surface area contributed by atoms with Crippen LogP contribution in [0.2, 0.25) is 5.02 Å². The molecule has 1 aromatic heterocycles. The molecule has 0 bridgehead atoms. The first-order valence-electron chi connectivity index (χ1n) is 9.35. The Hall–Kier alpha value is -1.78. The molecule has 1 N–H and O–H groups in total. The van der Waals surface area contributed by atoms with Gasteiger partial charge in [0, 0.05) is 17.3 Å². The predicted octanol–water partition coefficient (Wildman–Crippen LogP) is 4.36. The Morgan fingerprint density at radius 2 is 1.85 bits per heavy atom. The summed E-state index contributed by atoms with van der Waals surface area (Å²) in [5, 5.41) is 11.4. The second-order valence-electron chi connectivity index (χ2n) is 7.31. The summed E-state index contributed by atoms with van der Waals surface area (Å²) in [5.41, 5.74) is 2.13. The Bertz CT molecular complexity index is 821. The van der Waals surface area contributed by atoms with Crippen molar-refractivity contribution in [3.05, 3.63) is 62.5 Å². The van der Waals surface area contributed by atoms with Crippen LogP contribution in [0.3, 0.4) is 0 Å². The molecule has 0 radical (unpaired) electrons. The van der Waals surface area contributed by atoms with Crippen molar-refractivity contribution in [1.29, 1.82) is 0 Å². The average molecular weight is 375 g/mol. The van der Waals surface area contributed by atoms with Gasteiger partial charge in [0.25, 0.3) is 5.56 Å². The Balaban J connectivity index is 2.15. The van der Waals surface area contributed by atoms with Gasteiger partial charge in [-0.25, -0.2) is 0 Å². The van der Waals surface area contributed by atoms with Gasteiger partial charge < -0.3 is 9.67 Å². The van der Waals surface area contributed by atoms with Crippen LogP contribution in [0.15, 0.2) is 35.1 Å². The third kappa shape index (κ3) is 3.67. The van der Waals surface area contributed by atoms with Crippen molar-refractivity contribution < 1.29 is 5.11 Å². The quantitative estimate of drug-likeness (QED) is 0.864. The van der Waals surface area contributed by atoms with E-state index in [4.69, 9.17) is 11.6 Å². The fraction of sp³-hybridized carbons (Fsp3) is 0.476. The van der Waals surface area contributed by atoms with E-state index in [-0.39, 0.29) is 17.4 Å². The number of aromatic hydroxyl groups is 1. The summed E-state index contributed by atoms with van der Waals surface area (Å²) in [5.74, 6) is 0.770. The first kappa shape index (κ1) is 19.0. The summed E-state index contributed by atoms with van der Waals surface area (Å²) in [6, 6.07) is 9.06. The number of rotatable bonds is 4. The minimum Gasteiger partial charge on any atom is -0.507 e. The van der Waals surface area contributed by atoms with Gasteiger partial charge in [-0.15, -0.1) is 0 Å². The Morgan fingerprint density at radius 3 is 2.42 bits per heavy atom. The molecular weight excluding hydrogens is 348 g/mol. The largest absolute Gasteiger partial charge is 0.507 e. The van der Waals surface area contributed by atoms with Crippen molar-refractivity contribution in [1.82, 2.24) is 9.47 Å². The van der Waals surface area contributed by atoms with E-state index in [1.165, 1.54) is 0 Å². The van der Waals surface area contributed by atoms with E-state index < -0.39 is 0 Å². The zero-order valence-electron chi connectivity index (χ0n) is 15.7. The van der Waals surface area contributed by atoms with Crippen LogP contribution < -0.4 is 5.56 Å². The maximum absolute atomic E-state index is 13.2. The predicted molar refractivity (Wildman–Crippen MR) is 106 cm³/mol. The first-order valence-corrected chi connectivity index (χ1v) is 9.73. The molecule has 1 atom stereocenters. The first-order chi connectivity index (χ1) is 12.4. The summed E-state index contributed by atoms with van der Waals surface area (Å²) in [6.45, 7) is 8.48. The van der Waals surface area contributed by atoms with Crippen LogP contribution in [0.25, 0.3) is 0 Å². The zero-order valence-corrected chi connectivity index (χ0v) is 16.5. The van der Waals surface area contributed by atoms with Gasteiger partial charge in [-0.2, -0.15) is 0 Å². The molecule has 3 rings (SSSR count). The lowest BCUT2D eigenvalue weighted by Crippen LogP contribution is -2.40. The number of aryl methyl sites for hydroxylation is 1. The van der Waals surface area contributed by atoms with Crippen LogP contribution in [0.5, 0.6) is 5.75 Å². The van der Waals surface area contributed by atoms with E-state index in [0.717, 1.165) is 37.2 Å². The molecule has 1 saturated heterocycles. The molecule has 26 heavy (non-hydrogen) atoms. The molecule has 2 heterocycles. The maximum Gasteiger partial charge on any atom is 0.259 e. The SMILES string of the molecule is CCn1c(C)cc(O)c([C@@H](c2ccc(Cl)cc2)N2CCC(C)CC2)c1=O. The smallest absolute Gasteiger partial charge is 0.259 e. The lowest BCUT2D eigenvalue weighted by atomic mass is 9.92. The fourth-order valence-corrected chi connectivity index (χ4v) is 4.04. The highest BCUT2D eigenvalue weighted by Gasteiger charge is 2.31. The Kier molecular flexibility index (Phi) is 5.73. The minimum absolute atomic E-state index is 0.0794. The second kappa shape index (κ2) is 7.85. The molecule has 1 fully saturated rings. The molecule has 0 saturated carbocycles. The monoisotopic (exact) mass is 374 g/mol. The molecule has 5 heteroatoms. The number of aromatic nitrogens is 1. The van der Waals surface area contributed by atoms with Crippen molar-refractivity contribution in [3.8, 4) is 5.75 Å². The van der Waals surface area contributed by atoms with Gasteiger partial charge in [-0.1, -0.05) is 30.7 Å². The highest BCUT2D eigenvalue weighted by atomic mass is 35.5. The van der Waals surface area contributed by atoms with Gasteiger partial charge in [0.15, 0.2) is 0 Å². The molecule has 1 aromatic carbocycles. The Morgan fingerprint density at radius 1 is 1.23 bits per heavy atom. The van der Waals surface area contributed by atoms with Crippen LogP contribution >= 0.6 is 11.6 Å². The standard InChI is InChI=1S/C21H27ClN2O2/c1-4-24-15(3)13-18(25)19(21(24)26)20(16-5-7-17(22)8-6-16)23-11-9-14(2)10-12-23/h5-8,13-14,20,25H,4,9-12H2,1-3H3/t20-/m1/s1. The number of pyridine rings is 1. The van der Waals surface area contributed by atoms with E-state index >= 15 is 0 Å². The molecule has 0 amide bonds. The van der Waals surface area contributed by atoms with E-state index in [1.54, 1.807) is 10.6 Å². The summed E-state index contributed by atoms with van der Waals surface area (Å²) < 4.78 is 1.73. The van der Waals surface area contributed by atoms with Gasteiger partial charge in [0.1, 0.15) is 5.75 Å². The molecule has 4 nitrogen and oxygen atoms in total. The van der Waals surface area contributed by atoms with Crippen LogP contribution in [0, 0.1) is 12.8 Å². The number of nitrogens with zero attached hydrogens (tertiary/aromatic N) is 2. The summed E-state index contributed by atoms with van der Waals surface area (Å²) in [4.78, 5) is 15.5. The van der Waals surface area contributed by atoms with Gasteiger partial charge in [-0.05, 0) is 69.5 Å². The highest BCUT2D eigenvalue weighted by molar-refractivity contribution is 6.30. The van der Waals surface area contributed by atoms with Crippen molar-refractivity contribution >= 4 is 11.6 Å². The number of piperidine rings is 1. The highest BCUT2D eigenvalue weighted by Crippen LogP contribution is 2.35. The van der Waals surface area contributed by atoms with Crippen LogP contribution in [-0.4, -0.2) is 27.7 Å². The second-order valence-corrected chi connectivity index (χ2v) is 7.74. The molecule has 2 aromatic rings. The van der Waals surface area contributed by atoms with Crippen molar-refractivity contribution in [2.75, 3.05) is 13.1 Å². The third-order valence-corrected chi connectivity index (χ3v) is 5.73. The molecule has 0 unspecified atom stereocenters. The lowest BCUT2D eigenvalue weighted by Gasteiger charge is -2.37. The molecule has 1 aliphatic rings. The van der Waals surface area contributed by atoms with Crippen molar-refractivity contribution in [2.24, 2.45) is 5.92 Å². The van der Waals surface area contributed by atoms with Crippen molar-refractivity contribution in [3.63, 3.8) is 0 Å². The van der Waals surface area contributed by atoms with E-state index in [9.17, 15) is 9.90 Å². The van der Waals surface area contributed by atoms with Gasteiger partial charge >= 0.3 is 0 Å². The maximum atomic E-state index is 13.2. The summed E-state index contributed by atoms with van der Waals surface area (Å²) in [7, 11) is 0. The van der Waals surface area contributed by atoms with E-state index in [1.807, 2.05) is 38.1 Å². The lowest BCUT2D eigenvalue weighted by molar-refractivity contribution is 0.154. The number of halogens is 1. The molecular formula is C21H27ClN2O2.